The van der Waals surface area contributed by atoms with E-state index in [9.17, 15) is 9.83 Å². The molecule has 0 bridgehead atoms. The largest absolute Gasteiger partial charge is 0.373 e. The zero-order valence-electron chi connectivity index (χ0n) is 16.6. The molecule has 0 atom stereocenters. The number of nitriles is 1. The van der Waals surface area contributed by atoms with Crippen LogP contribution in [0.5, 0.6) is 0 Å². The molecule has 0 saturated heterocycles. The summed E-state index contributed by atoms with van der Waals surface area (Å²) in [6.45, 7) is 3.81. The molecular weight excluding hydrogens is 480 g/mol. The third kappa shape index (κ3) is 7.66. The van der Waals surface area contributed by atoms with Crippen molar-refractivity contribution in [2.75, 3.05) is 13.2 Å². The molecule has 2 aromatic rings. The summed E-state index contributed by atoms with van der Waals surface area (Å²) in [7, 11) is -3.71. The van der Waals surface area contributed by atoms with Crippen molar-refractivity contribution >= 4 is 54.3 Å². The summed E-state index contributed by atoms with van der Waals surface area (Å²) in [5.74, 6) is 1.17. The Morgan fingerprint density at radius 2 is 1.30 bits per heavy atom. The molecule has 2 aromatic carbocycles. The van der Waals surface area contributed by atoms with Gasteiger partial charge in [-0.3, -0.25) is 4.57 Å². The van der Waals surface area contributed by atoms with Crippen molar-refractivity contribution in [1.29, 1.82) is 5.26 Å². The number of rotatable bonds is 11. The molecule has 0 unspecified atom stereocenters. The van der Waals surface area contributed by atoms with Crippen LogP contribution in [0.2, 0.25) is 10.0 Å². The van der Waals surface area contributed by atoms with Gasteiger partial charge in [0.1, 0.15) is 6.07 Å². The van der Waals surface area contributed by atoms with Gasteiger partial charge >= 0.3 is 7.60 Å². The van der Waals surface area contributed by atoms with Crippen LogP contribution < -0.4 is 0 Å². The summed E-state index contributed by atoms with van der Waals surface area (Å²) >= 11 is 14.8. The second kappa shape index (κ2) is 12.8. The molecule has 0 spiro atoms. The zero-order chi connectivity index (χ0) is 22.0. The lowest BCUT2D eigenvalue weighted by atomic mass is 10.2. The molecule has 0 fully saturated rings. The van der Waals surface area contributed by atoms with Gasteiger partial charge in [-0.05, 0) is 49.2 Å². The Kier molecular flexibility index (Phi) is 10.8. The summed E-state index contributed by atoms with van der Waals surface area (Å²) in [6, 6.07) is 17.1. The Morgan fingerprint density at radius 1 is 0.900 bits per heavy atom. The van der Waals surface area contributed by atoms with E-state index in [1.807, 2.05) is 48.5 Å². The Morgan fingerprint density at radius 3 is 1.63 bits per heavy atom. The van der Waals surface area contributed by atoms with Crippen molar-refractivity contribution in [3.8, 4) is 6.07 Å². The monoisotopic (exact) mass is 501 g/mol. The first-order valence-corrected chi connectivity index (χ1v) is 13.5. The Bertz CT molecular complexity index is 883. The summed E-state index contributed by atoms with van der Waals surface area (Å²) in [5, 5.41) is 11.2. The molecule has 0 aliphatic rings. The van der Waals surface area contributed by atoms with Gasteiger partial charge in [0.25, 0.3) is 0 Å². The van der Waals surface area contributed by atoms with Gasteiger partial charge in [-0.15, -0.1) is 23.5 Å². The maximum absolute atomic E-state index is 13.3. The summed E-state index contributed by atoms with van der Waals surface area (Å²) in [4.78, 5) is 0. The molecule has 30 heavy (non-hydrogen) atoms. The quantitative estimate of drug-likeness (QED) is 0.228. The van der Waals surface area contributed by atoms with Crippen LogP contribution in [0.15, 0.2) is 58.1 Å². The van der Waals surface area contributed by atoms with E-state index in [4.69, 9.17) is 32.2 Å². The highest BCUT2D eigenvalue weighted by Crippen LogP contribution is 2.59. The minimum absolute atomic E-state index is 0.0455. The van der Waals surface area contributed by atoms with Crippen molar-refractivity contribution in [2.24, 2.45) is 0 Å². The number of hydrogen-bond donors (Lipinski definition) is 0. The molecule has 0 radical (unpaired) electrons. The van der Waals surface area contributed by atoms with E-state index in [0.29, 0.717) is 25.8 Å². The van der Waals surface area contributed by atoms with E-state index >= 15 is 0 Å². The van der Waals surface area contributed by atoms with E-state index in [0.717, 1.165) is 11.1 Å². The minimum atomic E-state index is -3.71. The van der Waals surface area contributed by atoms with Gasteiger partial charge in [0, 0.05) is 21.6 Å². The topological polar surface area (TPSA) is 59.3 Å². The zero-order valence-corrected chi connectivity index (χ0v) is 20.7. The summed E-state index contributed by atoms with van der Waals surface area (Å²) in [5.41, 5.74) is 2.07. The van der Waals surface area contributed by atoms with Gasteiger partial charge in [-0.1, -0.05) is 47.5 Å². The number of benzene rings is 2. The van der Waals surface area contributed by atoms with E-state index in [1.54, 1.807) is 13.8 Å². The van der Waals surface area contributed by atoms with E-state index in [2.05, 4.69) is 6.07 Å². The smallest absolute Gasteiger partial charge is 0.305 e. The highest BCUT2D eigenvalue weighted by atomic mass is 35.5. The first kappa shape index (κ1) is 25.4. The van der Waals surface area contributed by atoms with Crippen LogP contribution in [-0.2, 0) is 25.1 Å². The van der Waals surface area contributed by atoms with Crippen LogP contribution in [0.3, 0.4) is 0 Å². The SMILES string of the molecule is CCOP(=O)(OCC)C(C#N)=C(SCc1ccc(Cl)cc1)SCc1ccc(Cl)cc1. The van der Waals surface area contributed by atoms with E-state index in [1.165, 1.54) is 23.5 Å². The average Bonchev–Trinajstić information content (AvgIpc) is 2.72. The first-order chi connectivity index (χ1) is 14.4. The maximum Gasteiger partial charge on any atom is 0.373 e. The van der Waals surface area contributed by atoms with Gasteiger partial charge in [-0.25, -0.2) is 0 Å². The Hall–Kier alpha value is -0.900. The van der Waals surface area contributed by atoms with Gasteiger partial charge < -0.3 is 9.05 Å². The highest BCUT2D eigenvalue weighted by Gasteiger charge is 2.33. The van der Waals surface area contributed by atoms with E-state index < -0.39 is 7.60 Å². The van der Waals surface area contributed by atoms with Gasteiger partial charge in [0.05, 0.1) is 17.5 Å². The third-order valence-electron chi connectivity index (χ3n) is 3.74. The summed E-state index contributed by atoms with van der Waals surface area (Å²) in [6.07, 6.45) is 0. The van der Waals surface area contributed by atoms with Gasteiger partial charge in [0.2, 0.25) is 0 Å². The van der Waals surface area contributed by atoms with E-state index in [-0.39, 0.29) is 18.5 Å². The van der Waals surface area contributed by atoms with Crippen molar-refractivity contribution in [2.45, 2.75) is 25.4 Å². The number of thioether (sulfide) groups is 2. The Balaban J connectivity index is 2.34. The fourth-order valence-corrected chi connectivity index (χ4v) is 7.06. The number of nitrogens with zero attached hydrogens (tertiary/aromatic N) is 1. The van der Waals surface area contributed by atoms with Crippen molar-refractivity contribution in [1.82, 2.24) is 0 Å². The first-order valence-electron chi connectivity index (χ1n) is 9.20. The number of allylic oxidation sites excluding steroid dienone is 1. The van der Waals surface area contributed by atoms with Crippen molar-refractivity contribution < 1.29 is 13.6 Å². The number of halogens is 2. The molecule has 4 nitrogen and oxygen atoms in total. The summed E-state index contributed by atoms with van der Waals surface area (Å²) < 4.78 is 24.8. The van der Waals surface area contributed by atoms with Crippen LogP contribution in [0, 0.1) is 11.3 Å². The molecule has 0 aliphatic heterocycles. The minimum Gasteiger partial charge on any atom is -0.305 e. The molecule has 9 heteroatoms. The fourth-order valence-electron chi connectivity index (χ4n) is 2.36. The maximum atomic E-state index is 13.3. The Labute approximate surface area is 196 Å². The van der Waals surface area contributed by atoms with Crippen molar-refractivity contribution in [3.63, 3.8) is 0 Å². The van der Waals surface area contributed by atoms with Crippen LogP contribution in [-0.4, -0.2) is 13.2 Å². The van der Waals surface area contributed by atoms with Crippen LogP contribution >= 0.6 is 54.3 Å². The normalized spacial score (nSPS) is 11.2. The number of hydrogen-bond acceptors (Lipinski definition) is 6. The fraction of sp³-hybridized carbons (Fsp3) is 0.286. The molecule has 160 valence electrons. The predicted octanol–water partition coefficient (Wildman–Crippen LogP) is 8.12. The molecule has 0 N–H and O–H groups in total. The van der Waals surface area contributed by atoms with Crippen LogP contribution in [0.1, 0.15) is 25.0 Å². The molecular formula is C21H22Cl2NO3PS2. The van der Waals surface area contributed by atoms with Gasteiger partial charge in [-0.2, -0.15) is 5.26 Å². The molecule has 0 aliphatic carbocycles. The molecule has 0 aromatic heterocycles. The predicted molar refractivity (Wildman–Crippen MR) is 129 cm³/mol. The third-order valence-corrected chi connectivity index (χ3v) is 9.21. The highest BCUT2D eigenvalue weighted by molar-refractivity contribution is 8.21. The van der Waals surface area contributed by atoms with Crippen LogP contribution in [0.25, 0.3) is 0 Å². The average molecular weight is 502 g/mol. The van der Waals surface area contributed by atoms with Gasteiger partial charge in [0.15, 0.2) is 5.31 Å². The lowest BCUT2D eigenvalue weighted by Crippen LogP contribution is -1.99. The standard InChI is InChI=1S/C21H22Cl2NO3PS2/c1-3-26-28(25,27-4-2)20(13-24)21(29-14-16-5-9-18(22)10-6-16)30-15-17-7-11-19(23)12-8-17/h5-12H,3-4,14-15H2,1-2H3. The van der Waals surface area contributed by atoms with Crippen molar-refractivity contribution in [3.05, 3.63) is 79.3 Å². The lowest BCUT2D eigenvalue weighted by molar-refractivity contribution is 0.227. The molecule has 0 heterocycles. The molecule has 0 saturated carbocycles. The lowest BCUT2D eigenvalue weighted by Gasteiger charge is -2.19. The molecule has 2 rings (SSSR count). The second-order valence-electron chi connectivity index (χ2n) is 5.91. The second-order valence-corrected chi connectivity index (χ2v) is 11.0. The van der Waals surface area contributed by atoms with Crippen LogP contribution in [0.4, 0.5) is 0 Å². The molecule has 0 amide bonds.